The zero-order valence-corrected chi connectivity index (χ0v) is 9.72. The van der Waals surface area contributed by atoms with Crippen LogP contribution in [-0.2, 0) is 6.54 Å². The average molecular weight is 251 g/mol. The van der Waals surface area contributed by atoms with E-state index in [9.17, 15) is 0 Å². The van der Waals surface area contributed by atoms with Crippen molar-refractivity contribution in [2.24, 2.45) is 0 Å². The molecule has 1 aromatic carbocycles. The molecule has 0 aliphatic heterocycles. The second-order valence-electron chi connectivity index (χ2n) is 3.07. The highest BCUT2D eigenvalue weighted by molar-refractivity contribution is 6.99. The van der Waals surface area contributed by atoms with Crippen molar-refractivity contribution < 1.29 is 0 Å². The third-order valence-corrected chi connectivity index (χ3v) is 2.88. The maximum atomic E-state index is 8.65. The molecule has 6 heteroatoms. The van der Waals surface area contributed by atoms with Crippen molar-refractivity contribution in [1.82, 2.24) is 8.75 Å². The van der Waals surface area contributed by atoms with Gasteiger partial charge in [0.05, 0.1) is 23.4 Å². The summed E-state index contributed by atoms with van der Waals surface area (Å²) in [5.74, 6) is 0.594. The van der Waals surface area contributed by atoms with Gasteiger partial charge in [-0.25, -0.2) is 0 Å². The number of benzene rings is 1. The fourth-order valence-corrected chi connectivity index (χ4v) is 1.85. The van der Waals surface area contributed by atoms with E-state index in [-0.39, 0.29) is 0 Å². The van der Waals surface area contributed by atoms with Crippen LogP contribution in [0.1, 0.15) is 11.1 Å². The highest BCUT2D eigenvalue weighted by Crippen LogP contribution is 2.18. The third kappa shape index (κ3) is 2.48. The van der Waals surface area contributed by atoms with E-state index >= 15 is 0 Å². The van der Waals surface area contributed by atoms with E-state index in [1.807, 2.05) is 12.1 Å². The first kappa shape index (κ1) is 10.9. The fraction of sp³-hybridized carbons (Fsp3) is 0.100. The molecule has 0 spiro atoms. The number of aromatic nitrogens is 2. The molecule has 0 bridgehead atoms. The van der Waals surface area contributed by atoms with Crippen LogP contribution in [0.25, 0.3) is 0 Å². The lowest BCUT2D eigenvalue weighted by atomic mass is 10.1. The Kier molecular flexibility index (Phi) is 3.34. The minimum Gasteiger partial charge on any atom is -0.363 e. The Morgan fingerprint density at radius 2 is 2.06 bits per heavy atom. The summed E-state index contributed by atoms with van der Waals surface area (Å²) < 4.78 is 7.85. The van der Waals surface area contributed by atoms with Crippen molar-refractivity contribution in [1.29, 1.82) is 5.26 Å². The van der Waals surface area contributed by atoms with Crippen molar-refractivity contribution in [3.05, 3.63) is 40.5 Å². The number of halogens is 1. The topological polar surface area (TPSA) is 61.6 Å². The quantitative estimate of drug-likeness (QED) is 0.910. The molecule has 16 heavy (non-hydrogen) atoms. The standard InChI is InChI=1S/C10H7ClN4S/c11-9-10(15-16-14-9)13-6-8-3-1-7(5-12)2-4-8/h1-4H,6H2,(H,13,15). The largest absolute Gasteiger partial charge is 0.363 e. The zero-order valence-electron chi connectivity index (χ0n) is 8.14. The highest BCUT2D eigenvalue weighted by atomic mass is 35.5. The molecule has 0 saturated heterocycles. The maximum absolute atomic E-state index is 8.65. The molecule has 1 N–H and O–H groups in total. The van der Waals surface area contributed by atoms with Gasteiger partial charge in [0.2, 0.25) is 0 Å². The molecule has 4 nitrogen and oxygen atoms in total. The predicted octanol–water partition coefficient (Wildman–Crippen LogP) is 2.68. The van der Waals surface area contributed by atoms with Crippen LogP contribution >= 0.6 is 23.3 Å². The van der Waals surface area contributed by atoms with E-state index in [0.29, 0.717) is 23.1 Å². The van der Waals surface area contributed by atoms with E-state index in [4.69, 9.17) is 16.9 Å². The molecule has 0 saturated carbocycles. The van der Waals surface area contributed by atoms with Crippen LogP contribution in [0, 0.1) is 11.3 Å². The first-order valence-electron chi connectivity index (χ1n) is 4.50. The summed E-state index contributed by atoms with van der Waals surface area (Å²) in [6, 6.07) is 9.40. The summed E-state index contributed by atoms with van der Waals surface area (Å²) in [6.07, 6.45) is 0. The summed E-state index contributed by atoms with van der Waals surface area (Å²) in [5, 5.41) is 12.1. The zero-order chi connectivity index (χ0) is 11.4. The molecule has 0 aliphatic rings. The van der Waals surface area contributed by atoms with Gasteiger partial charge in [-0.2, -0.15) is 14.0 Å². The van der Waals surface area contributed by atoms with Crippen LogP contribution < -0.4 is 5.32 Å². The average Bonchev–Trinajstić information content (AvgIpc) is 2.73. The van der Waals surface area contributed by atoms with Crippen molar-refractivity contribution in [2.45, 2.75) is 6.54 Å². The number of nitrogens with zero attached hydrogens (tertiary/aromatic N) is 3. The molecule has 0 atom stereocenters. The first-order valence-corrected chi connectivity index (χ1v) is 5.61. The summed E-state index contributed by atoms with van der Waals surface area (Å²) in [6.45, 7) is 0.608. The van der Waals surface area contributed by atoms with Gasteiger partial charge in [0, 0.05) is 6.54 Å². The van der Waals surface area contributed by atoms with Crippen LogP contribution in [0.4, 0.5) is 5.82 Å². The van der Waals surface area contributed by atoms with Gasteiger partial charge in [-0.1, -0.05) is 23.7 Å². The molecular formula is C10H7ClN4S. The lowest BCUT2D eigenvalue weighted by Gasteiger charge is -2.02. The van der Waals surface area contributed by atoms with Gasteiger partial charge < -0.3 is 5.32 Å². The molecular weight excluding hydrogens is 244 g/mol. The second kappa shape index (κ2) is 4.92. The molecule has 1 aromatic heterocycles. The summed E-state index contributed by atoms with van der Waals surface area (Å²) in [4.78, 5) is 0. The Hall–Kier alpha value is -1.64. The van der Waals surface area contributed by atoms with Crippen LogP contribution in [-0.4, -0.2) is 8.75 Å². The normalized spacial score (nSPS) is 9.75. The maximum Gasteiger partial charge on any atom is 0.186 e. The Balaban J connectivity index is 2.00. The summed E-state index contributed by atoms with van der Waals surface area (Å²) in [7, 11) is 0. The van der Waals surface area contributed by atoms with Gasteiger partial charge in [0.1, 0.15) is 0 Å². The number of nitrogens with one attached hydrogen (secondary N) is 1. The summed E-state index contributed by atoms with van der Waals surface area (Å²) >= 11 is 6.85. The molecule has 1 heterocycles. The van der Waals surface area contributed by atoms with Gasteiger partial charge in [-0.15, -0.1) is 0 Å². The van der Waals surface area contributed by atoms with Crippen molar-refractivity contribution in [2.75, 3.05) is 5.32 Å². The number of hydrogen-bond donors (Lipinski definition) is 1. The van der Waals surface area contributed by atoms with E-state index in [0.717, 1.165) is 17.3 Å². The van der Waals surface area contributed by atoms with Crippen LogP contribution in [0.2, 0.25) is 5.15 Å². The van der Waals surface area contributed by atoms with Crippen LogP contribution in [0.3, 0.4) is 0 Å². The highest BCUT2D eigenvalue weighted by Gasteiger charge is 2.03. The fourth-order valence-electron chi connectivity index (χ4n) is 1.17. The van der Waals surface area contributed by atoms with E-state index in [2.05, 4.69) is 20.1 Å². The smallest absolute Gasteiger partial charge is 0.186 e. The molecule has 0 amide bonds. The van der Waals surface area contributed by atoms with Crippen molar-refractivity contribution in [3.63, 3.8) is 0 Å². The van der Waals surface area contributed by atoms with Crippen LogP contribution in [0.5, 0.6) is 0 Å². The van der Waals surface area contributed by atoms with E-state index < -0.39 is 0 Å². The molecule has 0 radical (unpaired) electrons. The summed E-state index contributed by atoms with van der Waals surface area (Å²) in [5.41, 5.74) is 1.71. The number of hydrogen-bond acceptors (Lipinski definition) is 5. The van der Waals surface area contributed by atoms with Gasteiger partial charge >= 0.3 is 0 Å². The molecule has 0 aliphatic carbocycles. The Bertz CT molecular complexity index is 514. The lowest BCUT2D eigenvalue weighted by molar-refractivity contribution is 1.13. The number of nitriles is 1. The molecule has 0 unspecified atom stereocenters. The minimum atomic E-state index is 0.388. The van der Waals surface area contributed by atoms with Gasteiger partial charge in [0.15, 0.2) is 11.0 Å². The van der Waals surface area contributed by atoms with Gasteiger partial charge in [-0.3, -0.25) is 0 Å². The molecule has 0 fully saturated rings. The van der Waals surface area contributed by atoms with Gasteiger partial charge in [-0.05, 0) is 17.7 Å². The first-order chi connectivity index (χ1) is 7.79. The number of rotatable bonds is 3. The second-order valence-corrected chi connectivity index (χ2v) is 3.95. The van der Waals surface area contributed by atoms with E-state index in [1.165, 1.54) is 0 Å². The predicted molar refractivity (Wildman–Crippen MR) is 63.4 cm³/mol. The Morgan fingerprint density at radius 1 is 1.31 bits per heavy atom. The Labute approximate surface area is 102 Å². The lowest BCUT2D eigenvalue weighted by Crippen LogP contribution is -1.99. The number of anilines is 1. The minimum absolute atomic E-state index is 0.388. The van der Waals surface area contributed by atoms with Crippen molar-refractivity contribution >= 4 is 29.1 Å². The molecule has 2 rings (SSSR count). The van der Waals surface area contributed by atoms with Crippen LogP contribution in [0.15, 0.2) is 24.3 Å². The molecule has 2 aromatic rings. The molecule has 80 valence electrons. The monoisotopic (exact) mass is 250 g/mol. The SMILES string of the molecule is N#Cc1ccc(CNc2nsnc2Cl)cc1. The van der Waals surface area contributed by atoms with E-state index in [1.54, 1.807) is 12.1 Å². The van der Waals surface area contributed by atoms with Gasteiger partial charge in [0.25, 0.3) is 0 Å². The third-order valence-electron chi connectivity index (χ3n) is 1.99. The Morgan fingerprint density at radius 3 is 2.62 bits per heavy atom. The van der Waals surface area contributed by atoms with Crippen molar-refractivity contribution in [3.8, 4) is 6.07 Å².